The van der Waals surface area contributed by atoms with Gasteiger partial charge in [-0.1, -0.05) is 41.1 Å². The number of thiophene rings is 1. The van der Waals surface area contributed by atoms with E-state index in [1.165, 1.54) is 37.9 Å². The summed E-state index contributed by atoms with van der Waals surface area (Å²) < 4.78 is 18.1. The maximum atomic E-state index is 13.6. The molecule has 0 amide bonds. The quantitative estimate of drug-likeness (QED) is 0.347. The smallest absolute Gasteiger partial charge is 0.124 e. The van der Waals surface area contributed by atoms with Gasteiger partial charge in [0.2, 0.25) is 0 Å². The lowest BCUT2D eigenvalue weighted by molar-refractivity contribution is 0.213. The Morgan fingerprint density at radius 3 is 2.68 bits per heavy atom. The SMILES string of the molecule is Fc1ccc(-c2cn(C(CN3CCNCC3)c3ccc4sc5ccccc5c4c3)nn2)c(Cl)c1. The molecule has 5 aromatic rings. The minimum absolute atomic E-state index is 0.0124. The number of nitrogens with zero attached hydrogens (tertiary/aromatic N) is 4. The summed E-state index contributed by atoms with van der Waals surface area (Å²) >= 11 is 8.12. The normalized spacial score (nSPS) is 15.8. The molecule has 2 aromatic heterocycles. The molecule has 3 heterocycles. The third-order valence-electron chi connectivity index (χ3n) is 6.46. The second kappa shape index (κ2) is 9.07. The lowest BCUT2D eigenvalue weighted by Gasteiger charge is -2.31. The van der Waals surface area contributed by atoms with Crippen LogP contribution in [-0.2, 0) is 0 Å². The number of halogens is 2. The van der Waals surface area contributed by atoms with Crippen LogP contribution >= 0.6 is 22.9 Å². The summed E-state index contributed by atoms with van der Waals surface area (Å²) in [6.07, 6.45) is 1.92. The Balaban J connectivity index is 1.42. The molecule has 8 heteroatoms. The number of hydrogen-bond donors (Lipinski definition) is 1. The third-order valence-corrected chi connectivity index (χ3v) is 7.93. The average molecular weight is 492 g/mol. The Morgan fingerprint density at radius 2 is 1.82 bits per heavy atom. The lowest BCUT2D eigenvalue weighted by Crippen LogP contribution is -2.45. The van der Waals surface area contributed by atoms with Crippen LogP contribution in [0.15, 0.2) is 66.9 Å². The van der Waals surface area contributed by atoms with E-state index in [1.807, 2.05) is 22.2 Å². The average Bonchev–Trinajstić information content (AvgIpc) is 3.48. The predicted octanol–water partition coefficient (Wildman–Crippen LogP) is 5.60. The third kappa shape index (κ3) is 4.09. The summed E-state index contributed by atoms with van der Waals surface area (Å²) in [5, 5.41) is 15.2. The molecule has 0 spiro atoms. The number of piperazine rings is 1. The van der Waals surface area contributed by atoms with Crippen molar-refractivity contribution in [2.45, 2.75) is 6.04 Å². The molecule has 1 unspecified atom stereocenters. The molecule has 0 saturated carbocycles. The van der Waals surface area contributed by atoms with Crippen LogP contribution < -0.4 is 5.32 Å². The van der Waals surface area contributed by atoms with Crippen molar-refractivity contribution in [3.8, 4) is 11.3 Å². The number of rotatable bonds is 5. The number of nitrogens with one attached hydrogen (secondary N) is 1. The Kier molecular flexibility index (Phi) is 5.79. The summed E-state index contributed by atoms with van der Waals surface area (Å²) in [4.78, 5) is 2.46. The van der Waals surface area contributed by atoms with Crippen molar-refractivity contribution in [2.24, 2.45) is 0 Å². The van der Waals surface area contributed by atoms with Crippen LogP contribution in [0, 0.1) is 5.82 Å². The summed E-state index contributed by atoms with van der Waals surface area (Å²) in [6, 6.07) is 19.6. The molecule has 3 aromatic carbocycles. The maximum absolute atomic E-state index is 13.6. The Hall–Kier alpha value is -2.84. The lowest BCUT2D eigenvalue weighted by atomic mass is 10.0. The summed E-state index contributed by atoms with van der Waals surface area (Å²) in [5.41, 5.74) is 2.50. The van der Waals surface area contributed by atoms with Gasteiger partial charge in [0, 0.05) is 58.5 Å². The number of benzene rings is 3. The van der Waals surface area contributed by atoms with Crippen molar-refractivity contribution in [3.63, 3.8) is 0 Å². The highest BCUT2D eigenvalue weighted by Gasteiger charge is 2.23. The molecule has 1 aliphatic heterocycles. The van der Waals surface area contributed by atoms with E-state index in [9.17, 15) is 4.39 Å². The van der Waals surface area contributed by atoms with Crippen molar-refractivity contribution < 1.29 is 4.39 Å². The summed E-state index contributed by atoms with van der Waals surface area (Å²) in [6.45, 7) is 4.77. The predicted molar refractivity (Wildman–Crippen MR) is 137 cm³/mol. The van der Waals surface area contributed by atoms with Crippen molar-refractivity contribution >= 4 is 43.1 Å². The standard InChI is InChI=1S/C26H23ClFN5S/c27-22-14-18(28)6-7-20(22)23-15-33(31-30-23)24(16-32-11-9-29-10-12-32)17-5-8-26-21(13-17)19-3-1-2-4-25(19)34-26/h1-8,13-15,24,29H,9-12,16H2. The van der Waals surface area contributed by atoms with Gasteiger partial charge in [-0.3, -0.25) is 4.90 Å². The van der Waals surface area contributed by atoms with Crippen LogP contribution in [0.5, 0.6) is 0 Å². The van der Waals surface area contributed by atoms with E-state index in [0.717, 1.165) is 32.7 Å². The van der Waals surface area contributed by atoms with Crippen LogP contribution in [0.4, 0.5) is 4.39 Å². The van der Waals surface area contributed by atoms with E-state index in [-0.39, 0.29) is 11.9 Å². The van der Waals surface area contributed by atoms with Gasteiger partial charge in [-0.25, -0.2) is 9.07 Å². The number of hydrogen-bond acceptors (Lipinski definition) is 5. The van der Waals surface area contributed by atoms with Gasteiger partial charge in [0.25, 0.3) is 0 Å². The molecule has 1 N–H and O–H groups in total. The molecular weight excluding hydrogens is 469 g/mol. The minimum atomic E-state index is -0.367. The molecule has 0 radical (unpaired) electrons. The zero-order valence-corrected chi connectivity index (χ0v) is 20.0. The topological polar surface area (TPSA) is 46.0 Å². The van der Waals surface area contributed by atoms with Gasteiger partial charge < -0.3 is 5.32 Å². The number of aromatic nitrogens is 3. The van der Waals surface area contributed by atoms with E-state index in [4.69, 9.17) is 11.6 Å². The first-order valence-electron chi connectivity index (χ1n) is 11.4. The molecule has 172 valence electrons. The van der Waals surface area contributed by atoms with E-state index < -0.39 is 0 Å². The Morgan fingerprint density at radius 1 is 1.00 bits per heavy atom. The van der Waals surface area contributed by atoms with E-state index in [1.54, 1.807) is 6.07 Å². The highest BCUT2D eigenvalue weighted by molar-refractivity contribution is 7.25. The van der Waals surface area contributed by atoms with Crippen LogP contribution in [-0.4, -0.2) is 52.6 Å². The molecule has 1 saturated heterocycles. The molecule has 1 fully saturated rings. The van der Waals surface area contributed by atoms with Crippen LogP contribution in [0.1, 0.15) is 11.6 Å². The van der Waals surface area contributed by atoms with Gasteiger partial charge >= 0.3 is 0 Å². The molecule has 5 nitrogen and oxygen atoms in total. The first-order valence-corrected chi connectivity index (χ1v) is 12.6. The van der Waals surface area contributed by atoms with Crippen molar-refractivity contribution in [2.75, 3.05) is 32.7 Å². The maximum Gasteiger partial charge on any atom is 0.124 e. The molecule has 6 rings (SSSR count). The monoisotopic (exact) mass is 491 g/mol. The van der Waals surface area contributed by atoms with Gasteiger partial charge in [-0.15, -0.1) is 16.4 Å². The van der Waals surface area contributed by atoms with Gasteiger partial charge in [0.15, 0.2) is 0 Å². The Bertz CT molecular complexity index is 1470. The summed E-state index contributed by atoms with van der Waals surface area (Å²) in [7, 11) is 0. The van der Waals surface area contributed by atoms with Gasteiger partial charge in [0.05, 0.1) is 17.3 Å². The highest BCUT2D eigenvalue weighted by Crippen LogP contribution is 2.36. The van der Waals surface area contributed by atoms with Crippen LogP contribution in [0.25, 0.3) is 31.4 Å². The van der Waals surface area contributed by atoms with Crippen LogP contribution in [0.2, 0.25) is 5.02 Å². The van der Waals surface area contributed by atoms with Gasteiger partial charge in [0.1, 0.15) is 11.5 Å². The molecule has 1 aliphatic rings. The fraction of sp³-hybridized carbons (Fsp3) is 0.231. The first-order chi connectivity index (χ1) is 16.7. The van der Waals surface area contributed by atoms with Gasteiger partial charge in [-0.05, 0) is 42.0 Å². The van der Waals surface area contributed by atoms with E-state index >= 15 is 0 Å². The molecule has 0 bridgehead atoms. The Labute approximate surface area is 205 Å². The highest BCUT2D eigenvalue weighted by atomic mass is 35.5. The molecule has 0 aliphatic carbocycles. The first kappa shape index (κ1) is 21.7. The molecule has 1 atom stereocenters. The van der Waals surface area contributed by atoms with Crippen molar-refractivity contribution in [1.82, 2.24) is 25.2 Å². The minimum Gasteiger partial charge on any atom is -0.314 e. The largest absolute Gasteiger partial charge is 0.314 e. The zero-order valence-electron chi connectivity index (χ0n) is 18.4. The summed E-state index contributed by atoms with van der Waals surface area (Å²) in [5.74, 6) is -0.367. The van der Waals surface area contributed by atoms with Crippen LogP contribution in [0.3, 0.4) is 0 Å². The fourth-order valence-corrected chi connectivity index (χ4v) is 6.03. The second-order valence-corrected chi connectivity index (χ2v) is 10.1. The number of fused-ring (bicyclic) bond motifs is 3. The van der Waals surface area contributed by atoms with E-state index in [0.29, 0.717) is 16.3 Å². The van der Waals surface area contributed by atoms with Gasteiger partial charge in [-0.2, -0.15) is 0 Å². The van der Waals surface area contributed by atoms with E-state index in [2.05, 4.69) is 63.0 Å². The second-order valence-electron chi connectivity index (χ2n) is 8.63. The zero-order chi connectivity index (χ0) is 23.1. The van der Waals surface area contributed by atoms with Crippen molar-refractivity contribution in [1.29, 1.82) is 0 Å². The molecular formula is C26H23ClFN5S. The molecule has 34 heavy (non-hydrogen) atoms. The fourth-order valence-electron chi connectivity index (χ4n) is 4.68. The van der Waals surface area contributed by atoms with Crippen molar-refractivity contribution in [3.05, 3.63) is 83.3 Å².